The minimum atomic E-state index is -3.35. The molecule has 0 atom stereocenters. The maximum Gasteiger partial charge on any atom is 0.322 e. The van der Waals surface area contributed by atoms with Crippen molar-refractivity contribution in [2.75, 3.05) is 9.21 Å². The van der Waals surface area contributed by atoms with E-state index < -0.39 is 10.2 Å². The lowest BCUT2D eigenvalue weighted by Gasteiger charge is -2.33. The van der Waals surface area contributed by atoms with Crippen molar-refractivity contribution in [2.24, 2.45) is 0 Å². The van der Waals surface area contributed by atoms with Crippen LogP contribution in [-0.2, 0) is 23.3 Å². The highest BCUT2D eigenvalue weighted by Crippen LogP contribution is 2.28. The van der Waals surface area contributed by atoms with Gasteiger partial charge in [0, 0.05) is 25.2 Å². The second kappa shape index (κ2) is 8.42. The molecular weight excluding hydrogens is 388 g/mol. The molecule has 0 unspecified atom stereocenters. The number of urea groups is 1. The number of carbonyl (C=O) groups is 1. The largest absolute Gasteiger partial charge is 0.334 e. The predicted octanol–water partition coefficient (Wildman–Crippen LogP) is 3.37. The quantitative estimate of drug-likeness (QED) is 0.787. The number of fused-ring (bicyclic) bond motifs is 2. The molecule has 0 bridgehead atoms. The number of para-hydroxylation sites is 2. The summed E-state index contributed by atoms with van der Waals surface area (Å²) >= 11 is 0. The third-order valence-electron chi connectivity index (χ3n) is 4.82. The number of carbonyl (C=O) groups excluding carboxylic acids is 1. The molecule has 0 spiro atoms. The van der Waals surface area contributed by atoms with Crippen LogP contribution in [0.5, 0.6) is 0 Å². The van der Waals surface area contributed by atoms with Crippen LogP contribution in [0, 0.1) is 0 Å². The highest BCUT2D eigenvalue weighted by molar-refractivity contribution is 7.91. The van der Waals surface area contributed by atoms with Crippen molar-refractivity contribution in [3.8, 4) is 0 Å². The van der Waals surface area contributed by atoms with E-state index in [4.69, 9.17) is 0 Å². The van der Waals surface area contributed by atoms with Crippen molar-refractivity contribution >= 4 is 27.6 Å². The normalized spacial score (nSPS) is 17.2. The first-order chi connectivity index (χ1) is 13.7. The molecule has 7 nitrogen and oxygen atoms in total. The summed E-state index contributed by atoms with van der Waals surface area (Å²) in [6.45, 7) is 8.77. The molecule has 2 aromatic rings. The highest BCUT2D eigenvalue weighted by atomic mass is 32.2. The average molecular weight is 417 g/mol. The first-order valence-corrected chi connectivity index (χ1v) is 11.2. The van der Waals surface area contributed by atoms with E-state index in [-0.39, 0.29) is 18.1 Å². The van der Waals surface area contributed by atoms with Crippen molar-refractivity contribution in [1.82, 2.24) is 10.0 Å². The van der Waals surface area contributed by atoms with E-state index in [1.54, 1.807) is 4.90 Å². The topological polar surface area (TPSA) is 81.8 Å². The van der Waals surface area contributed by atoms with Crippen LogP contribution in [0.1, 0.15) is 38.8 Å². The standard InChI is InChI=1S/C11H14N2O.C10H14N2O2S/c1-8(2)13-10-6-4-3-5-9(10)7-12-11(13)14;1-8(2)12-10-6-4-3-5-9(10)7-11-15(12,13)14/h3-6,8H,7H2,1-2H3,(H,12,14);3-6,8,11H,7H2,1-2H3. The zero-order valence-electron chi connectivity index (χ0n) is 17.2. The molecule has 2 aromatic carbocycles. The van der Waals surface area contributed by atoms with Gasteiger partial charge in [0.05, 0.1) is 11.4 Å². The SMILES string of the molecule is CC(C)N1C(=O)NCc2ccccc21.CC(C)N1c2ccccc2CNS1(=O)=O. The van der Waals surface area contributed by atoms with Crippen LogP contribution < -0.4 is 19.2 Å². The molecule has 2 N–H and O–H groups in total. The number of nitrogens with zero attached hydrogens (tertiary/aromatic N) is 2. The predicted molar refractivity (Wildman–Crippen MR) is 116 cm³/mol. The van der Waals surface area contributed by atoms with Gasteiger partial charge in [0.15, 0.2) is 0 Å². The van der Waals surface area contributed by atoms with E-state index >= 15 is 0 Å². The molecule has 2 heterocycles. The van der Waals surface area contributed by atoms with E-state index in [0.717, 1.165) is 16.9 Å². The smallest absolute Gasteiger partial charge is 0.322 e. The van der Waals surface area contributed by atoms with Crippen LogP contribution in [0.25, 0.3) is 0 Å². The van der Waals surface area contributed by atoms with Crippen LogP contribution in [-0.4, -0.2) is 26.5 Å². The Morgan fingerprint density at radius 1 is 0.828 bits per heavy atom. The molecule has 0 radical (unpaired) electrons. The van der Waals surface area contributed by atoms with E-state index in [1.807, 2.05) is 76.2 Å². The number of hydrogen-bond donors (Lipinski definition) is 2. The Balaban J connectivity index is 0.000000166. The molecule has 2 aliphatic heterocycles. The maximum absolute atomic E-state index is 11.8. The lowest BCUT2D eigenvalue weighted by molar-refractivity contribution is 0.243. The lowest BCUT2D eigenvalue weighted by atomic mass is 10.1. The van der Waals surface area contributed by atoms with Crippen LogP contribution in [0.4, 0.5) is 16.2 Å². The molecule has 4 rings (SSSR count). The summed E-state index contributed by atoms with van der Waals surface area (Å²) in [6.07, 6.45) is 0. The summed E-state index contributed by atoms with van der Waals surface area (Å²) in [5, 5.41) is 2.86. The van der Waals surface area contributed by atoms with Crippen LogP contribution in [0.3, 0.4) is 0 Å². The van der Waals surface area contributed by atoms with Gasteiger partial charge >= 0.3 is 16.2 Å². The van der Waals surface area contributed by atoms with Crippen molar-refractivity contribution in [3.05, 3.63) is 59.7 Å². The summed E-state index contributed by atoms with van der Waals surface area (Å²) in [6, 6.07) is 15.7. The fourth-order valence-electron chi connectivity index (χ4n) is 3.57. The molecule has 0 saturated carbocycles. The number of anilines is 2. The summed E-state index contributed by atoms with van der Waals surface area (Å²) in [5.41, 5.74) is 4.01. The Hall–Kier alpha value is -2.58. The zero-order valence-corrected chi connectivity index (χ0v) is 18.0. The second-order valence-corrected chi connectivity index (χ2v) is 9.23. The number of benzene rings is 2. The Kier molecular flexibility index (Phi) is 6.14. The summed E-state index contributed by atoms with van der Waals surface area (Å²) in [7, 11) is -3.35. The molecule has 0 aliphatic carbocycles. The molecule has 2 aliphatic rings. The minimum Gasteiger partial charge on any atom is -0.334 e. The van der Waals surface area contributed by atoms with Crippen molar-refractivity contribution < 1.29 is 13.2 Å². The first kappa shape index (κ1) is 21.1. The van der Waals surface area contributed by atoms with Crippen molar-refractivity contribution in [3.63, 3.8) is 0 Å². The van der Waals surface area contributed by atoms with Gasteiger partial charge in [-0.2, -0.15) is 13.1 Å². The number of rotatable bonds is 2. The lowest BCUT2D eigenvalue weighted by Crippen LogP contribution is -2.48. The van der Waals surface area contributed by atoms with Gasteiger partial charge < -0.3 is 5.32 Å². The van der Waals surface area contributed by atoms with Crippen molar-refractivity contribution in [2.45, 2.75) is 52.9 Å². The van der Waals surface area contributed by atoms with Crippen molar-refractivity contribution in [1.29, 1.82) is 0 Å². The second-order valence-electron chi connectivity index (χ2n) is 7.60. The fourth-order valence-corrected chi connectivity index (χ4v) is 5.04. The molecule has 0 saturated heterocycles. The molecule has 2 amide bonds. The van der Waals surface area contributed by atoms with Gasteiger partial charge in [-0.05, 0) is 51.0 Å². The third kappa shape index (κ3) is 4.38. The van der Waals surface area contributed by atoms with E-state index in [2.05, 4.69) is 10.0 Å². The molecule has 0 fully saturated rings. The van der Waals surface area contributed by atoms with Gasteiger partial charge in [0.2, 0.25) is 0 Å². The maximum atomic E-state index is 11.8. The molecule has 8 heteroatoms. The first-order valence-electron chi connectivity index (χ1n) is 9.74. The fraction of sp³-hybridized carbons (Fsp3) is 0.381. The summed E-state index contributed by atoms with van der Waals surface area (Å²) < 4.78 is 27.6. The van der Waals surface area contributed by atoms with E-state index in [9.17, 15) is 13.2 Å². The summed E-state index contributed by atoms with van der Waals surface area (Å²) in [5.74, 6) is 0. The zero-order chi connectivity index (χ0) is 21.2. The van der Waals surface area contributed by atoms with Gasteiger partial charge in [-0.25, -0.2) is 4.79 Å². The Bertz CT molecular complexity index is 989. The van der Waals surface area contributed by atoms with Gasteiger partial charge in [-0.3, -0.25) is 9.21 Å². The molecular formula is C21H28N4O3S. The number of hydrogen-bond acceptors (Lipinski definition) is 3. The molecule has 0 aromatic heterocycles. The highest BCUT2D eigenvalue weighted by Gasteiger charge is 2.30. The monoisotopic (exact) mass is 416 g/mol. The number of nitrogens with one attached hydrogen (secondary N) is 2. The molecule has 29 heavy (non-hydrogen) atoms. The minimum absolute atomic E-state index is 0.00120. The molecule has 156 valence electrons. The Morgan fingerprint density at radius 3 is 1.97 bits per heavy atom. The van der Waals surface area contributed by atoms with Crippen LogP contribution in [0.15, 0.2) is 48.5 Å². The van der Waals surface area contributed by atoms with Gasteiger partial charge in [0.25, 0.3) is 0 Å². The number of amides is 2. The van der Waals surface area contributed by atoms with Gasteiger partial charge in [0.1, 0.15) is 0 Å². The Labute approximate surface area is 172 Å². The summed E-state index contributed by atoms with van der Waals surface area (Å²) in [4.78, 5) is 13.4. The average Bonchev–Trinajstić information content (AvgIpc) is 2.67. The van der Waals surface area contributed by atoms with E-state index in [0.29, 0.717) is 13.1 Å². The van der Waals surface area contributed by atoms with Gasteiger partial charge in [-0.1, -0.05) is 36.4 Å². The van der Waals surface area contributed by atoms with Crippen LogP contribution in [0.2, 0.25) is 0 Å². The third-order valence-corrected chi connectivity index (χ3v) is 6.46. The van der Waals surface area contributed by atoms with Gasteiger partial charge in [-0.15, -0.1) is 0 Å². The Morgan fingerprint density at radius 2 is 1.38 bits per heavy atom. The van der Waals surface area contributed by atoms with Crippen LogP contribution >= 0.6 is 0 Å². The van der Waals surface area contributed by atoms with E-state index in [1.165, 1.54) is 9.87 Å².